The predicted octanol–water partition coefficient (Wildman–Crippen LogP) is 5.41. The lowest BCUT2D eigenvalue weighted by Crippen LogP contribution is -2.13. The minimum atomic E-state index is -0.574. The molecule has 0 radical (unpaired) electrons. The van der Waals surface area contributed by atoms with Gasteiger partial charge in [-0.05, 0) is 55.5 Å². The van der Waals surface area contributed by atoms with Gasteiger partial charge in [0.1, 0.15) is 17.4 Å². The van der Waals surface area contributed by atoms with E-state index >= 15 is 0 Å². The maximum Gasteiger partial charge on any atom is 0.343 e. The van der Waals surface area contributed by atoms with Gasteiger partial charge in [-0.25, -0.2) is 4.79 Å². The van der Waals surface area contributed by atoms with Gasteiger partial charge in [-0.2, -0.15) is 5.26 Å². The molecule has 0 aliphatic carbocycles. The molecule has 0 saturated heterocycles. The Kier molecular flexibility index (Phi) is 6.63. The van der Waals surface area contributed by atoms with E-state index < -0.39 is 11.9 Å². The molecule has 3 aromatic carbocycles. The molecule has 0 aromatic heterocycles. The summed E-state index contributed by atoms with van der Waals surface area (Å²) in [6, 6.07) is 22.1. The van der Waals surface area contributed by atoms with Gasteiger partial charge in [0.2, 0.25) is 0 Å². The lowest BCUT2D eigenvalue weighted by atomic mass is 10.1. The van der Waals surface area contributed by atoms with Crippen LogP contribution in [0.3, 0.4) is 0 Å². The molecule has 0 fully saturated rings. The van der Waals surface area contributed by atoms with Crippen LogP contribution in [-0.4, -0.2) is 11.9 Å². The molecule has 0 spiro atoms. The van der Waals surface area contributed by atoms with Crippen LogP contribution in [0.2, 0.25) is 5.02 Å². The predicted molar refractivity (Wildman–Crippen MR) is 116 cm³/mol. The largest absolute Gasteiger partial charge is 0.422 e. The number of rotatable bonds is 5. The highest BCUT2D eigenvalue weighted by atomic mass is 35.5. The topological polar surface area (TPSA) is 79.2 Å². The van der Waals surface area contributed by atoms with E-state index in [0.29, 0.717) is 21.8 Å². The standard InChI is InChI=1S/C24H17ClN2O3/c1-16-6-12-21(13-7-16)27-23(28)19(15-26)14-18-4-2-3-5-22(18)30-24(29)17-8-10-20(25)11-9-17/h2-14H,1H3,(H,27,28)/b19-14+. The van der Waals surface area contributed by atoms with E-state index in [9.17, 15) is 14.9 Å². The van der Waals surface area contributed by atoms with Gasteiger partial charge in [0, 0.05) is 16.3 Å². The van der Waals surface area contributed by atoms with Gasteiger partial charge in [-0.1, -0.05) is 47.5 Å². The monoisotopic (exact) mass is 416 g/mol. The molecular weight excluding hydrogens is 400 g/mol. The Bertz CT molecular complexity index is 1140. The zero-order chi connectivity index (χ0) is 21.5. The minimum absolute atomic E-state index is 0.120. The van der Waals surface area contributed by atoms with Crippen molar-refractivity contribution in [3.8, 4) is 11.8 Å². The molecule has 0 atom stereocenters. The van der Waals surface area contributed by atoms with Crippen molar-refractivity contribution >= 4 is 35.2 Å². The third kappa shape index (κ3) is 5.34. The van der Waals surface area contributed by atoms with E-state index in [1.54, 1.807) is 60.7 Å². The highest BCUT2D eigenvalue weighted by Crippen LogP contribution is 2.23. The van der Waals surface area contributed by atoms with Crippen molar-refractivity contribution in [3.05, 3.63) is 100 Å². The average Bonchev–Trinajstić information content (AvgIpc) is 2.75. The third-order valence-electron chi connectivity index (χ3n) is 4.18. The van der Waals surface area contributed by atoms with E-state index in [4.69, 9.17) is 16.3 Å². The number of halogens is 1. The lowest BCUT2D eigenvalue weighted by molar-refractivity contribution is -0.112. The van der Waals surface area contributed by atoms with Gasteiger partial charge in [-0.15, -0.1) is 0 Å². The van der Waals surface area contributed by atoms with Gasteiger partial charge < -0.3 is 10.1 Å². The summed E-state index contributed by atoms with van der Waals surface area (Å²) in [5.41, 5.74) is 2.27. The second kappa shape index (κ2) is 9.55. The van der Waals surface area contributed by atoms with Crippen LogP contribution in [0.25, 0.3) is 6.08 Å². The number of nitriles is 1. The Morgan fingerprint density at radius 3 is 2.33 bits per heavy atom. The van der Waals surface area contributed by atoms with Gasteiger partial charge in [-0.3, -0.25) is 4.79 Å². The Hall–Kier alpha value is -3.88. The smallest absolute Gasteiger partial charge is 0.343 e. The van der Waals surface area contributed by atoms with Crippen molar-refractivity contribution in [2.75, 3.05) is 5.32 Å². The van der Waals surface area contributed by atoms with Crippen LogP contribution in [0.15, 0.2) is 78.4 Å². The first kappa shape index (κ1) is 20.8. The van der Waals surface area contributed by atoms with Crippen LogP contribution < -0.4 is 10.1 Å². The number of hydrogen-bond acceptors (Lipinski definition) is 4. The number of nitrogens with zero attached hydrogens (tertiary/aromatic N) is 1. The Morgan fingerprint density at radius 2 is 1.67 bits per heavy atom. The van der Waals surface area contributed by atoms with Crippen LogP contribution in [0, 0.1) is 18.3 Å². The number of nitrogens with one attached hydrogen (secondary N) is 1. The number of amides is 1. The summed E-state index contributed by atoms with van der Waals surface area (Å²) in [4.78, 5) is 24.9. The summed E-state index contributed by atoms with van der Waals surface area (Å²) in [7, 11) is 0. The quantitative estimate of drug-likeness (QED) is 0.261. The van der Waals surface area contributed by atoms with E-state index in [1.165, 1.54) is 6.08 Å². The third-order valence-corrected chi connectivity index (χ3v) is 4.43. The minimum Gasteiger partial charge on any atom is -0.422 e. The second-order valence-electron chi connectivity index (χ2n) is 6.42. The molecule has 0 aliphatic heterocycles. The first-order valence-electron chi connectivity index (χ1n) is 9.03. The molecule has 0 bridgehead atoms. The van der Waals surface area contributed by atoms with Crippen molar-refractivity contribution in [1.29, 1.82) is 5.26 Å². The van der Waals surface area contributed by atoms with E-state index in [2.05, 4.69) is 5.32 Å². The Balaban J connectivity index is 1.82. The molecule has 0 saturated carbocycles. The molecule has 1 N–H and O–H groups in total. The molecule has 0 heterocycles. The fourth-order valence-corrected chi connectivity index (χ4v) is 2.70. The summed E-state index contributed by atoms with van der Waals surface area (Å²) in [6.07, 6.45) is 1.38. The highest BCUT2D eigenvalue weighted by Gasteiger charge is 2.14. The SMILES string of the molecule is Cc1ccc(NC(=O)/C(C#N)=C/c2ccccc2OC(=O)c2ccc(Cl)cc2)cc1. The number of benzene rings is 3. The normalized spacial score (nSPS) is 10.8. The second-order valence-corrected chi connectivity index (χ2v) is 6.86. The van der Waals surface area contributed by atoms with Crippen molar-refractivity contribution in [2.24, 2.45) is 0 Å². The number of hydrogen-bond donors (Lipinski definition) is 1. The molecule has 148 valence electrons. The highest BCUT2D eigenvalue weighted by molar-refractivity contribution is 6.30. The molecule has 3 aromatic rings. The summed E-state index contributed by atoms with van der Waals surface area (Å²) in [5, 5.41) is 12.6. The van der Waals surface area contributed by atoms with E-state index in [1.807, 2.05) is 25.1 Å². The zero-order valence-corrected chi connectivity index (χ0v) is 16.8. The van der Waals surface area contributed by atoms with E-state index in [-0.39, 0.29) is 11.3 Å². The van der Waals surface area contributed by atoms with Crippen LogP contribution >= 0.6 is 11.6 Å². The first-order chi connectivity index (χ1) is 14.5. The number of carbonyl (C=O) groups excluding carboxylic acids is 2. The number of ether oxygens (including phenoxy) is 1. The van der Waals surface area contributed by atoms with E-state index in [0.717, 1.165) is 5.56 Å². The molecule has 0 unspecified atom stereocenters. The molecule has 30 heavy (non-hydrogen) atoms. The van der Waals surface area contributed by atoms with Gasteiger partial charge in [0.15, 0.2) is 0 Å². The summed E-state index contributed by atoms with van der Waals surface area (Å²) >= 11 is 5.84. The molecule has 0 aliphatic rings. The molecule has 1 amide bonds. The Labute approximate surface area is 179 Å². The average molecular weight is 417 g/mol. The van der Waals surface area contributed by atoms with Crippen LogP contribution in [0.5, 0.6) is 5.75 Å². The summed E-state index contributed by atoms with van der Waals surface area (Å²) < 4.78 is 5.46. The maximum absolute atomic E-state index is 12.5. The number of para-hydroxylation sites is 1. The van der Waals surface area contributed by atoms with Crippen LogP contribution in [-0.2, 0) is 4.79 Å². The van der Waals surface area contributed by atoms with Crippen molar-refractivity contribution in [1.82, 2.24) is 0 Å². The number of carbonyl (C=O) groups is 2. The summed E-state index contributed by atoms with van der Waals surface area (Å²) in [5.74, 6) is -0.899. The fraction of sp³-hybridized carbons (Fsp3) is 0.0417. The molecule has 3 rings (SSSR count). The van der Waals surface area contributed by atoms with Crippen molar-refractivity contribution in [3.63, 3.8) is 0 Å². The number of esters is 1. The molecule has 5 nitrogen and oxygen atoms in total. The van der Waals surface area contributed by atoms with Crippen LogP contribution in [0.1, 0.15) is 21.5 Å². The van der Waals surface area contributed by atoms with Gasteiger partial charge in [0.05, 0.1) is 5.56 Å². The van der Waals surface area contributed by atoms with Crippen LogP contribution in [0.4, 0.5) is 5.69 Å². The van der Waals surface area contributed by atoms with Crippen molar-refractivity contribution < 1.29 is 14.3 Å². The molecular formula is C24H17ClN2O3. The van der Waals surface area contributed by atoms with Gasteiger partial charge >= 0.3 is 5.97 Å². The Morgan fingerprint density at radius 1 is 1.00 bits per heavy atom. The fourth-order valence-electron chi connectivity index (χ4n) is 2.58. The number of aryl methyl sites for hydroxylation is 1. The number of anilines is 1. The summed E-state index contributed by atoms with van der Waals surface area (Å²) in [6.45, 7) is 1.94. The molecule has 6 heteroatoms. The maximum atomic E-state index is 12.5. The lowest BCUT2D eigenvalue weighted by Gasteiger charge is -2.09. The van der Waals surface area contributed by atoms with Gasteiger partial charge in [0.25, 0.3) is 5.91 Å². The van der Waals surface area contributed by atoms with Crippen molar-refractivity contribution in [2.45, 2.75) is 6.92 Å². The zero-order valence-electron chi connectivity index (χ0n) is 16.1. The first-order valence-corrected chi connectivity index (χ1v) is 9.40.